The van der Waals surface area contributed by atoms with Gasteiger partial charge in [-0.3, -0.25) is 0 Å². The van der Waals surface area contributed by atoms with E-state index in [0.29, 0.717) is 32.4 Å². The van der Waals surface area contributed by atoms with Crippen LogP contribution in [0.5, 0.6) is 0 Å². The number of likely N-dealkylation sites (tertiary alicyclic amines) is 1. The molecule has 2 amide bonds. The van der Waals surface area contributed by atoms with E-state index in [2.05, 4.69) is 5.32 Å². The van der Waals surface area contributed by atoms with Crippen molar-refractivity contribution in [1.82, 2.24) is 10.2 Å². The fraction of sp³-hybridized carbons (Fsp3) is 0.833. The second kappa shape index (κ2) is 8.06. The summed E-state index contributed by atoms with van der Waals surface area (Å²) in [5, 5.41) is 2.87. The predicted molar refractivity (Wildman–Crippen MR) is 94.4 cm³/mol. The molecule has 1 atom stereocenters. The Bertz CT molecular complexity index is 493. The van der Waals surface area contributed by atoms with Gasteiger partial charge < -0.3 is 24.5 Å². The third-order valence-electron chi connectivity index (χ3n) is 3.84. The molecule has 1 rings (SSSR count). The molecule has 1 N–H and O–H groups in total. The highest BCUT2D eigenvalue weighted by Gasteiger charge is 2.37. The number of hydrogen-bond donors (Lipinski definition) is 1. The first-order chi connectivity index (χ1) is 11.4. The number of amides is 2. The molecule has 1 saturated heterocycles. The summed E-state index contributed by atoms with van der Waals surface area (Å²) >= 11 is 0. The molecule has 1 unspecified atom stereocenters. The lowest BCUT2D eigenvalue weighted by Crippen LogP contribution is -2.51. The number of aldehydes is 1. The number of nitrogens with zero attached hydrogens (tertiary/aromatic N) is 1. The second-order valence-corrected chi connectivity index (χ2v) is 8.60. The summed E-state index contributed by atoms with van der Waals surface area (Å²) in [5.41, 5.74) is -1.86. The van der Waals surface area contributed by atoms with E-state index in [1.54, 1.807) is 25.7 Å². The smallest absolute Gasteiger partial charge is 0.410 e. The molecule has 144 valence electrons. The first kappa shape index (κ1) is 21.3. The van der Waals surface area contributed by atoms with Crippen molar-refractivity contribution in [2.45, 2.75) is 84.0 Å². The molecule has 0 aromatic heterocycles. The Labute approximate surface area is 150 Å². The minimum Gasteiger partial charge on any atom is -0.444 e. The molecule has 25 heavy (non-hydrogen) atoms. The maximum atomic E-state index is 12.3. The summed E-state index contributed by atoms with van der Waals surface area (Å²) in [6.07, 6.45) is 1.83. The number of carbonyl (C=O) groups excluding carboxylic acids is 3. The van der Waals surface area contributed by atoms with Crippen molar-refractivity contribution in [3.63, 3.8) is 0 Å². The maximum Gasteiger partial charge on any atom is 0.410 e. The Kier molecular flexibility index (Phi) is 6.85. The Morgan fingerprint density at radius 1 is 1.04 bits per heavy atom. The average molecular weight is 356 g/mol. The van der Waals surface area contributed by atoms with Crippen molar-refractivity contribution in [1.29, 1.82) is 0 Å². The van der Waals surface area contributed by atoms with Gasteiger partial charge in [0.15, 0.2) is 0 Å². The third kappa shape index (κ3) is 7.75. The zero-order valence-corrected chi connectivity index (χ0v) is 16.3. The van der Waals surface area contributed by atoms with Crippen LogP contribution in [0.25, 0.3) is 0 Å². The van der Waals surface area contributed by atoms with Crippen LogP contribution >= 0.6 is 0 Å². The van der Waals surface area contributed by atoms with E-state index >= 15 is 0 Å². The van der Waals surface area contributed by atoms with Crippen LogP contribution in [0, 0.1) is 0 Å². The Balaban J connectivity index is 2.78. The number of carbonyl (C=O) groups is 3. The van der Waals surface area contributed by atoms with Gasteiger partial charge in [-0.1, -0.05) is 0 Å². The fourth-order valence-corrected chi connectivity index (χ4v) is 2.76. The number of rotatable bonds is 3. The summed E-state index contributed by atoms with van der Waals surface area (Å²) in [4.78, 5) is 37.2. The summed E-state index contributed by atoms with van der Waals surface area (Å²) in [6, 6.07) is 0. The van der Waals surface area contributed by atoms with Crippen LogP contribution in [0.15, 0.2) is 0 Å². The highest BCUT2D eigenvalue weighted by molar-refractivity contribution is 5.70. The largest absolute Gasteiger partial charge is 0.444 e. The lowest BCUT2D eigenvalue weighted by Gasteiger charge is -2.33. The SMILES string of the molecule is CC(C)(C)OC(=O)NC1(CC=O)CCCN(C(=O)OC(C)(C)C)CC1. The molecule has 0 aromatic rings. The molecule has 0 aliphatic carbocycles. The van der Waals surface area contributed by atoms with E-state index in [1.807, 2.05) is 20.8 Å². The molecule has 0 bridgehead atoms. The van der Waals surface area contributed by atoms with Gasteiger partial charge in [-0.25, -0.2) is 9.59 Å². The van der Waals surface area contributed by atoms with Gasteiger partial charge in [0.25, 0.3) is 0 Å². The van der Waals surface area contributed by atoms with Crippen molar-refractivity contribution in [2.24, 2.45) is 0 Å². The van der Waals surface area contributed by atoms with E-state index in [4.69, 9.17) is 9.47 Å². The predicted octanol–water partition coefficient (Wildman–Crippen LogP) is 3.26. The summed E-state index contributed by atoms with van der Waals surface area (Å²) in [5.74, 6) is 0. The van der Waals surface area contributed by atoms with Gasteiger partial charge in [0, 0.05) is 19.5 Å². The molecule has 1 aliphatic rings. The van der Waals surface area contributed by atoms with E-state index in [-0.39, 0.29) is 12.5 Å². The fourth-order valence-electron chi connectivity index (χ4n) is 2.76. The normalized spacial score (nSPS) is 21.9. The summed E-state index contributed by atoms with van der Waals surface area (Å²) < 4.78 is 10.7. The van der Waals surface area contributed by atoms with E-state index < -0.39 is 22.8 Å². The van der Waals surface area contributed by atoms with Crippen molar-refractivity contribution in [3.05, 3.63) is 0 Å². The van der Waals surface area contributed by atoms with Crippen LogP contribution in [-0.2, 0) is 14.3 Å². The van der Waals surface area contributed by atoms with Crippen LogP contribution in [-0.4, -0.2) is 53.2 Å². The van der Waals surface area contributed by atoms with Gasteiger partial charge in [-0.05, 0) is 60.8 Å². The van der Waals surface area contributed by atoms with Crippen LogP contribution in [0.4, 0.5) is 9.59 Å². The van der Waals surface area contributed by atoms with Crippen molar-refractivity contribution >= 4 is 18.5 Å². The lowest BCUT2D eigenvalue weighted by molar-refractivity contribution is -0.109. The molecule has 0 radical (unpaired) electrons. The molecule has 1 fully saturated rings. The molecule has 0 spiro atoms. The topological polar surface area (TPSA) is 84.9 Å². The standard InChI is InChI=1S/C18H32N2O5/c1-16(2,3)24-14(22)19-18(10-13-21)8-7-11-20(12-9-18)15(23)25-17(4,5)6/h13H,7-12H2,1-6H3,(H,19,22). The van der Waals surface area contributed by atoms with Crippen molar-refractivity contribution < 1.29 is 23.9 Å². The van der Waals surface area contributed by atoms with Crippen LogP contribution in [0.3, 0.4) is 0 Å². The zero-order valence-electron chi connectivity index (χ0n) is 16.3. The van der Waals surface area contributed by atoms with Crippen molar-refractivity contribution in [2.75, 3.05) is 13.1 Å². The van der Waals surface area contributed by atoms with Gasteiger partial charge in [0.05, 0.1) is 5.54 Å². The molecule has 7 heteroatoms. The van der Waals surface area contributed by atoms with E-state index in [9.17, 15) is 14.4 Å². The van der Waals surface area contributed by atoms with Gasteiger partial charge in [-0.2, -0.15) is 0 Å². The number of alkyl carbamates (subject to hydrolysis) is 1. The zero-order chi connectivity index (χ0) is 19.3. The Hall–Kier alpha value is -1.79. The van der Waals surface area contributed by atoms with Gasteiger partial charge in [0.1, 0.15) is 17.5 Å². The minimum absolute atomic E-state index is 0.189. The molecular weight excluding hydrogens is 324 g/mol. The van der Waals surface area contributed by atoms with E-state index in [1.165, 1.54) is 0 Å². The minimum atomic E-state index is -0.694. The number of hydrogen-bond acceptors (Lipinski definition) is 5. The second-order valence-electron chi connectivity index (χ2n) is 8.60. The molecule has 0 aromatic carbocycles. The first-order valence-corrected chi connectivity index (χ1v) is 8.79. The lowest BCUT2D eigenvalue weighted by atomic mass is 9.87. The number of nitrogens with one attached hydrogen (secondary N) is 1. The van der Waals surface area contributed by atoms with Crippen molar-refractivity contribution in [3.8, 4) is 0 Å². The first-order valence-electron chi connectivity index (χ1n) is 8.79. The summed E-state index contributed by atoms with van der Waals surface area (Å²) in [7, 11) is 0. The van der Waals surface area contributed by atoms with Crippen LogP contribution in [0.1, 0.15) is 67.2 Å². The number of ether oxygens (including phenoxy) is 2. The molecular formula is C18H32N2O5. The maximum absolute atomic E-state index is 12.3. The third-order valence-corrected chi connectivity index (χ3v) is 3.84. The average Bonchev–Trinajstić information content (AvgIpc) is 2.57. The van der Waals surface area contributed by atoms with Gasteiger partial charge in [-0.15, -0.1) is 0 Å². The quantitative estimate of drug-likeness (QED) is 0.785. The molecule has 1 heterocycles. The highest BCUT2D eigenvalue weighted by Crippen LogP contribution is 2.27. The monoisotopic (exact) mass is 356 g/mol. The van der Waals surface area contributed by atoms with Crippen LogP contribution in [0.2, 0.25) is 0 Å². The molecule has 0 saturated carbocycles. The molecule has 7 nitrogen and oxygen atoms in total. The molecule has 1 aliphatic heterocycles. The highest BCUT2D eigenvalue weighted by atomic mass is 16.6. The Morgan fingerprint density at radius 2 is 1.64 bits per heavy atom. The van der Waals surface area contributed by atoms with Gasteiger partial charge >= 0.3 is 12.2 Å². The van der Waals surface area contributed by atoms with E-state index in [0.717, 1.165) is 6.29 Å². The summed E-state index contributed by atoms with van der Waals surface area (Å²) in [6.45, 7) is 11.8. The Morgan fingerprint density at radius 3 is 2.16 bits per heavy atom. The van der Waals surface area contributed by atoms with Crippen LogP contribution < -0.4 is 5.32 Å². The van der Waals surface area contributed by atoms with Gasteiger partial charge in [0.2, 0.25) is 0 Å².